The molecule has 128 valence electrons. The molecule has 0 saturated carbocycles. The van der Waals surface area contributed by atoms with Crippen molar-refractivity contribution in [1.82, 2.24) is 4.90 Å². The Bertz CT molecular complexity index is 572. The molecule has 0 amide bonds. The zero-order valence-electron chi connectivity index (χ0n) is 13.6. The molecule has 3 rings (SSSR count). The van der Waals surface area contributed by atoms with Gasteiger partial charge in [-0.3, -0.25) is 4.99 Å². The van der Waals surface area contributed by atoms with Gasteiger partial charge in [-0.2, -0.15) is 0 Å². The maximum atomic E-state index is 6.10. The first-order valence-electron chi connectivity index (χ1n) is 7.59. The second kappa shape index (κ2) is 7.57. The highest BCUT2D eigenvalue weighted by atomic mass is 127. The predicted molar refractivity (Wildman–Crippen MR) is 99.9 cm³/mol. The first-order chi connectivity index (χ1) is 10.6. The van der Waals surface area contributed by atoms with Gasteiger partial charge in [-0.15, -0.1) is 24.0 Å². The lowest BCUT2D eigenvalue weighted by Gasteiger charge is -2.29. The Morgan fingerprint density at radius 1 is 1.22 bits per heavy atom. The molecule has 0 aliphatic carbocycles. The number of benzene rings is 1. The number of guanidine groups is 1. The Kier molecular flexibility index (Phi) is 5.96. The van der Waals surface area contributed by atoms with Crippen LogP contribution in [0.1, 0.15) is 19.4 Å². The van der Waals surface area contributed by atoms with E-state index in [4.69, 9.17) is 19.9 Å². The average Bonchev–Trinajstić information content (AvgIpc) is 3.01. The van der Waals surface area contributed by atoms with E-state index in [0.717, 1.165) is 30.2 Å². The van der Waals surface area contributed by atoms with Gasteiger partial charge in [-0.1, -0.05) is 19.9 Å². The maximum absolute atomic E-state index is 6.10. The van der Waals surface area contributed by atoms with Gasteiger partial charge in [0.25, 0.3) is 0 Å². The predicted octanol–water partition coefficient (Wildman–Crippen LogP) is 1.96. The van der Waals surface area contributed by atoms with Crippen molar-refractivity contribution in [2.75, 3.05) is 39.6 Å². The van der Waals surface area contributed by atoms with Crippen LogP contribution < -0.4 is 15.2 Å². The molecule has 1 fully saturated rings. The first-order valence-corrected chi connectivity index (χ1v) is 7.59. The molecule has 6 nitrogen and oxygen atoms in total. The smallest absolute Gasteiger partial charge is 0.231 e. The number of ether oxygens (including phenoxy) is 3. The van der Waals surface area contributed by atoms with Crippen LogP contribution in [0.15, 0.2) is 23.2 Å². The van der Waals surface area contributed by atoms with Crippen LogP contribution in [-0.2, 0) is 10.2 Å². The summed E-state index contributed by atoms with van der Waals surface area (Å²) in [6, 6.07) is 6.05. The van der Waals surface area contributed by atoms with E-state index >= 15 is 0 Å². The van der Waals surface area contributed by atoms with Crippen molar-refractivity contribution in [2.24, 2.45) is 10.7 Å². The van der Waals surface area contributed by atoms with Crippen LogP contribution in [0, 0.1) is 0 Å². The zero-order chi connectivity index (χ0) is 15.6. The van der Waals surface area contributed by atoms with E-state index in [1.807, 2.05) is 12.1 Å². The third-order valence-electron chi connectivity index (χ3n) is 4.13. The number of nitrogens with zero attached hydrogens (tertiary/aromatic N) is 2. The Hall–Kier alpha value is -1.22. The number of morpholine rings is 1. The molecule has 0 bridgehead atoms. The van der Waals surface area contributed by atoms with Gasteiger partial charge in [-0.25, -0.2) is 0 Å². The van der Waals surface area contributed by atoms with Gasteiger partial charge in [0.15, 0.2) is 17.5 Å². The van der Waals surface area contributed by atoms with Crippen molar-refractivity contribution in [3.8, 4) is 11.5 Å². The topological polar surface area (TPSA) is 69.3 Å². The van der Waals surface area contributed by atoms with Gasteiger partial charge < -0.3 is 24.8 Å². The molecule has 1 aromatic rings. The van der Waals surface area contributed by atoms with Crippen molar-refractivity contribution in [1.29, 1.82) is 0 Å². The number of halogens is 1. The minimum absolute atomic E-state index is 0. The lowest BCUT2D eigenvalue weighted by Crippen LogP contribution is -2.45. The van der Waals surface area contributed by atoms with E-state index in [1.165, 1.54) is 0 Å². The van der Waals surface area contributed by atoms with E-state index in [-0.39, 0.29) is 29.4 Å². The monoisotopic (exact) mass is 433 g/mol. The molecule has 2 N–H and O–H groups in total. The molecule has 2 heterocycles. The molecule has 7 heteroatoms. The summed E-state index contributed by atoms with van der Waals surface area (Å²) >= 11 is 0. The highest BCUT2D eigenvalue weighted by Crippen LogP contribution is 2.36. The summed E-state index contributed by atoms with van der Waals surface area (Å²) in [6.45, 7) is 8.25. The first kappa shape index (κ1) is 18.1. The summed E-state index contributed by atoms with van der Waals surface area (Å²) in [7, 11) is 0. The standard InChI is InChI=1S/C16H23N3O3.HI/c1-16(2,10-18-15(17)19-5-7-20-8-6-19)12-3-4-13-14(9-12)22-11-21-13;/h3-4,9H,5-8,10-11H2,1-2H3,(H2,17,18);1H. The largest absolute Gasteiger partial charge is 0.454 e. The van der Waals surface area contributed by atoms with Crippen LogP contribution in [0.3, 0.4) is 0 Å². The van der Waals surface area contributed by atoms with Crippen molar-refractivity contribution in [3.63, 3.8) is 0 Å². The van der Waals surface area contributed by atoms with Crippen LogP contribution in [0.4, 0.5) is 0 Å². The lowest BCUT2D eigenvalue weighted by molar-refractivity contribution is 0.0674. The normalized spacial score (nSPS) is 17.8. The van der Waals surface area contributed by atoms with Gasteiger partial charge >= 0.3 is 0 Å². The molecule has 0 radical (unpaired) electrons. The molecule has 23 heavy (non-hydrogen) atoms. The number of aliphatic imine (C=N–C) groups is 1. The average molecular weight is 433 g/mol. The molecule has 1 saturated heterocycles. The Labute approximate surface area is 154 Å². The molecular formula is C16H24IN3O3. The highest BCUT2D eigenvalue weighted by Gasteiger charge is 2.24. The molecule has 2 aliphatic rings. The number of hydrogen-bond donors (Lipinski definition) is 1. The van der Waals surface area contributed by atoms with Gasteiger partial charge in [0, 0.05) is 18.5 Å². The summed E-state index contributed by atoms with van der Waals surface area (Å²) in [5, 5.41) is 0. The van der Waals surface area contributed by atoms with E-state index < -0.39 is 0 Å². The summed E-state index contributed by atoms with van der Waals surface area (Å²) in [4.78, 5) is 6.65. The van der Waals surface area contributed by atoms with Crippen LogP contribution >= 0.6 is 24.0 Å². The third-order valence-corrected chi connectivity index (χ3v) is 4.13. The SMILES string of the molecule is CC(C)(CN=C(N)N1CCOCC1)c1ccc2c(c1)OCO2.I. The minimum atomic E-state index is -0.127. The fourth-order valence-corrected chi connectivity index (χ4v) is 2.58. The summed E-state index contributed by atoms with van der Waals surface area (Å²) < 4.78 is 16.1. The van der Waals surface area contributed by atoms with Crippen molar-refractivity contribution >= 4 is 29.9 Å². The second-order valence-corrected chi connectivity index (χ2v) is 6.23. The molecule has 2 aliphatic heterocycles. The van der Waals surface area contributed by atoms with Crippen LogP contribution in [0.2, 0.25) is 0 Å². The van der Waals surface area contributed by atoms with Crippen molar-refractivity contribution in [3.05, 3.63) is 23.8 Å². The maximum Gasteiger partial charge on any atom is 0.231 e. The molecule has 0 unspecified atom stereocenters. The Morgan fingerprint density at radius 3 is 2.65 bits per heavy atom. The number of rotatable bonds is 3. The lowest BCUT2D eigenvalue weighted by atomic mass is 9.84. The van der Waals surface area contributed by atoms with Crippen LogP contribution in [0.5, 0.6) is 11.5 Å². The minimum Gasteiger partial charge on any atom is -0.454 e. The number of nitrogens with two attached hydrogens (primary N) is 1. The molecule has 0 aromatic heterocycles. The zero-order valence-corrected chi connectivity index (χ0v) is 15.9. The van der Waals surface area contributed by atoms with E-state index in [9.17, 15) is 0 Å². The number of hydrogen-bond acceptors (Lipinski definition) is 4. The van der Waals surface area contributed by atoms with Gasteiger partial charge in [-0.05, 0) is 17.7 Å². The van der Waals surface area contributed by atoms with Crippen LogP contribution in [-0.4, -0.2) is 50.5 Å². The molecular weight excluding hydrogens is 409 g/mol. The summed E-state index contributed by atoms with van der Waals surface area (Å²) in [5.41, 5.74) is 7.13. The molecule has 0 atom stereocenters. The highest BCUT2D eigenvalue weighted by molar-refractivity contribution is 14.0. The summed E-state index contributed by atoms with van der Waals surface area (Å²) in [6.07, 6.45) is 0. The fourth-order valence-electron chi connectivity index (χ4n) is 2.58. The summed E-state index contributed by atoms with van der Waals surface area (Å²) in [5.74, 6) is 2.20. The quantitative estimate of drug-likeness (QED) is 0.449. The van der Waals surface area contributed by atoms with Crippen molar-refractivity contribution < 1.29 is 14.2 Å². The van der Waals surface area contributed by atoms with Crippen molar-refractivity contribution in [2.45, 2.75) is 19.3 Å². The van der Waals surface area contributed by atoms with E-state index in [0.29, 0.717) is 32.5 Å². The Balaban J connectivity index is 0.00000192. The van der Waals surface area contributed by atoms with Gasteiger partial charge in [0.05, 0.1) is 19.8 Å². The third kappa shape index (κ3) is 4.20. The Morgan fingerprint density at radius 2 is 1.91 bits per heavy atom. The van der Waals surface area contributed by atoms with Gasteiger partial charge in [0.1, 0.15) is 0 Å². The molecule has 0 spiro atoms. The van der Waals surface area contributed by atoms with E-state index in [2.05, 4.69) is 29.8 Å². The fraction of sp³-hybridized carbons (Fsp3) is 0.562. The molecule has 1 aromatic carbocycles. The van der Waals surface area contributed by atoms with E-state index in [1.54, 1.807) is 0 Å². The second-order valence-electron chi connectivity index (χ2n) is 6.23. The van der Waals surface area contributed by atoms with Gasteiger partial charge in [0.2, 0.25) is 6.79 Å². The van der Waals surface area contributed by atoms with Crippen LogP contribution in [0.25, 0.3) is 0 Å². The number of fused-ring (bicyclic) bond motifs is 1.